The van der Waals surface area contributed by atoms with Crippen molar-refractivity contribution in [3.8, 4) is 5.75 Å². The van der Waals surface area contributed by atoms with Crippen LogP contribution in [0.3, 0.4) is 0 Å². The van der Waals surface area contributed by atoms with Crippen LogP contribution in [0.15, 0.2) is 77.7 Å². The molecule has 0 aliphatic carbocycles. The highest BCUT2D eigenvalue weighted by Gasteiger charge is 2.16. The number of hydrogen-bond acceptors (Lipinski definition) is 5. The quantitative estimate of drug-likeness (QED) is 0.495. The molecule has 1 amide bonds. The van der Waals surface area contributed by atoms with Crippen LogP contribution in [0.5, 0.6) is 5.75 Å². The molecule has 0 aliphatic rings. The Kier molecular flexibility index (Phi) is 6.88. The minimum Gasteiger partial charge on any atom is -0.497 e. The summed E-state index contributed by atoms with van der Waals surface area (Å²) >= 11 is 0. The summed E-state index contributed by atoms with van der Waals surface area (Å²) in [6.45, 7) is -0.124. The van der Waals surface area contributed by atoms with Gasteiger partial charge in [0.15, 0.2) is 0 Å². The standard InChI is InChI=1S/C22H21FN2O5S/c1-30-19-9-7-18(8-10-19)25-31(28,29)20-11-5-15(6-12-20)22(27)24-14-21(26)16-3-2-4-17(23)13-16/h2-13,21,25-26H,14H2,1H3,(H,24,27). The first-order valence-electron chi connectivity index (χ1n) is 9.27. The van der Waals surface area contributed by atoms with E-state index in [4.69, 9.17) is 4.74 Å². The van der Waals surface area contributed by atoms with Gasteiger partial charge in [0.2, 0.25) is 0 Å². The summed E-state index contributed by atoms with van der Waals surface area (Å²) in [5, 5.41) is 12.6. The molecule has 0 spiro atoms. The molecule has 3 aromatic rings. The molecule has 9 heteroatoms. The minimum atomic E-state index is -3.84. The van der Waals surface area contributed by atoms with Crippen LogP contribution in [0, 0.1) is 5.82 Å². The maximum absolute atomic E-state index is 13.2. The molecule has 7 nitrogen and oxygen atoms in total. The summed E-state index contributed by atoms with van der Waals surface area (Å²) in [7, 11) is -2.33. The number of rotatable bonds is 8. The van der Waals surface area contributed by atoms with Gasteiger partial charge in [-0.05, 0) is 66.2 Å². The summed E-state index contributed by atoms with van der Waals surface area (Å²) in [5.74, 6) is -0.383. The lowest BCUT2D eigenvalue weighted by molar-refractivity contribution is 0.0916. The van der Waals surface area contributed by atoms with Crippen molar-refractivity contribution >= 4 is 21.6 Å². The predicted molar refractivity (Wildman–Crippen MR) is 114 cm³/mol. The average Bonchev–Trinajstić information content (AvgIpc) is 2.77. The van der Waals surface area contributed by atoms with E-state index in [0.29, 0.717) is 17.0 Å². The topological polar surface area (TPSA) is 105 Å². The van der Waals surface area contributed by atoms with Crippen LogP contribution >= 0.6 is 0 Å². The van der Waals surface area contributed by atoms with Gasteiger partial charge in [0, 0.05) is 17.8 Å². The van der Waals surface area contributed by atoms with Gasteiger partial charge in [-0.25, -0.2) is 12.8 Å². The first-order chi connectivity index (χ1) is 14.8. The number of nitrogens with one attached hydrogen (secondary N) is 2. The van der Waals surface area contributed by atoms with Crippen LogP contribution in [-0.2, 0) is 10.0 Å². The molecule has 0 aromatic heterocycles. The Morgan fingerprint density at radius 1 is 1.06 bits per heavy atom. The molecule has 0 aliphatic heterocycles. The van der Waals surface area contributed by atoms with Crippen molar-refractivity contribution in [2.24, 2.45) is 0 Å². The molecule has 31 heavy (non-hydrogen) atoms. The second-order valence-electron chi connectivity index (χ2n) is 6.64. The number of benzene rings is 3. The van der Waals surface area contributed by atoms with E-state index >= 15 is 0 Å². The van der Waals surface area contributed by atoms with Crippen molar-refractivity contribution in [1.29, 1.82) is 0 Å². The van der Waals surface area contributed by atoms with Gasteiger partial charge < -0.3 is 15.2 Å². The normalized spacial score (nSPS) is 12.1. The summed E-state index contributed by atoms with van der Waals surface area (Å²) in [5.41, 5.74) is 0.926. The molecule has 0 saturated carbocycles. The first kappa shape index (κ1) is 22.3. The zero-order chi connectivity index (χ0) is 22.4. The second-order valence-corrected chi connectivity index (χ2v) is 8.32. The van der Waals surface area contributed by atoms with E-state index in [1.165, 1.54) is 49.6 Å². The smallest absolute Gasteiger partial charge is 0.261 e. The van der Waals surface area contributed by atoms with Gasteiger partial charge in [-0.2, -0.15) is 0 Å². The van der Waals surface area contributed by atoms with Crippen molar-refractivity contribution in [3.63, 3.8) is 0 Å². The van der Waals surface area contributed by atoms with E-state index in [2.05, 4.69) is 10.0 Å². The molecule has 0 heterocycles. The SMILES string of the molecule is COc1ccc(NS(=O)(=O)c2ccc(C(=O)NCC(O)c3cccc(F)c3)cc2)cc1. The Labute approximate surface area is 179 Å². The number of anilines is 1. The lowest BCUT2D eigenvalue weighted by atomic mass is 10.1. The number of ether oxygens (including phenoxy) is 1. The van der Waals surface area contributed by atoms with Crippen molar-refractivity contribution in [1.82, 2.24) is 5.32 Å². The minimum absolute atomic E-state index is 0.0142. The Bertz CT molecular complexity index is 1150. The second kappa shape index (κ2) is 9.59. The van der Waals surface area contributed by atoms with E-state index in [1.54, 1.807) is 30.3 Å². The summed E-state index contributed by atoms with van der Waals surface area (Å²) in [6, 6.07) is 17.2. The highest BCUT2D eigenvalue weighted by molar-refractivity contribution is 7.92. The Morgan fingerprint density at radius 3 is 2.35 bits per heavy atom. The Hall–Kier alpha value is -3.43. The molecule has 3 rings (SSSR count). The predicted octanol–water partition coefficient (Wildman–Crippen LogP) is 3.10. The average molecular weight is 444 g/mol. The van der Waals surface area contributed by atoms with E-state index < -0.39 is 27.9 Å². The maximum Gasteiger partial charge on any atom is 0.261 e. The molecule has 1 unspecified atom stereocenters. The van der Waals surface area contributed by atoms with Crippen molar-refractivity contribution in [2.45, 2.75) is 11.0 Å². The fraction of sp³-hybridized carbons (Fsp3) is 0.136. The molecule has 0 radical (unpaired) electrons. The third kappa shape index (κ3) is 5.80. The fourth-order valence-corrected chi connectivity index (χ4v) is 3.84. The molecular weight excluding hydrogens is 423 g/mol. The highest BCUT2D eigenvalue weighted by Crippen LogP contribution is 2.20. The summed E-state index contributed by atoms with van der Waals surface area (Å²) in [4.78, 5) is 12.3. The van der Waals surface area contributed by atoms with Gasteiger partial charge in [-0.15, -0.1) is 0 Å². The molecule has 0 bridgehead atoms. The van der Waals surface area contributed by atoms with E-state index in [0.717, 1.165) is 0 Å². The lowest BCUT2D eigenvalue weighted by Crippen LogP contribution is -2.28. The van der Waals surface area contributed by atoms with Gasteiger partial charge in [0.05, 0.1) is 18.1 Å². The van der Waals surface area contributed by atoms with E-state index in [-0.39, 0.29) is 17.0 Å². The van der Waals surface area contributed by atoms with Gasteiger partial charge in [0.25, 0.3) is 15.9 Å². The third-order valence-corrected chi connectivity index (χ3v) is 5.86. The zero-order valence-electron chi connectivity index (χ0n) is 16.6. The number of aliphatic hydroxyl groups is 1. The lowest BCUT2D eigenvalue weighted by Gasteiger charge is -2.13. The Morgan fingerprint density at radius 2 is 1.74 bits per heavy atom. The van der Waals surface area contributed by atoms with Gasteiger partial charge in [-0.3, -0.25) is 9.52 Å². The number of halogens is 1. The van der Waals surface area contributed by atoms with Crippen LogP contribution in [0.4, 0.5) is 10.1 Å². The molecule has 1 atom stereocenters. The molecule has 0 fully saturated rings. The number of aliphatic hydroxyl groups excluding tert-OH is 1. The molecule has 3 N–H and O–H groups in total. The number of amides is 1. The van der Waals surface area contributed by atoms with Gasteiger partial charge in [-0.1, -0.05) is 12.1 Å². The van der Waals surface area contributed by atoms with Crippen LogP contribution in [0.2, 0.25) is 0 Å². The van der Waals surface area contributed by atoms with Crippen molar-refractivity contribution < 1.29 is 27.4 Å². The summed E-state index contributed by atoms with van der Waals surface area (Å²) in [6.07, 6.45) is -1.08. The van der Waals surface area contributed by atoms with Crippen LogP contribution in [0.1, 0.15) is 22.0 Å². The van der Waals surface area contributed by atoms with Crippen molar-refractivity contribution in [2.75, 3.05) is 18.4 Å². The maximum atomic E-state index is 13.2. The first-order valence-corrected chi connectivity index (χ1v) is 10.8. The fourth-order valence-electron chi connectivity index (χ4n) is 2.78. The van der Waals surface area contributed by atoms with Gasteiger partial charge >= 0.3 is 0 Å². The monoisotopic (exact) mass is 444 g/mol. The zero-order valence-corrected chi connectivity index (χ0v) is 17.4. The van der Waals surface area contributed by atoms with Crippen LogP contribution < -0.4 is 14.8 Å². The molecule has 162 valence electrons. The molecule has 3 aromatic carbocycles. The van der Waals surface area contributed by atoms with Crippen LogP contribution in [-0.4, -0.2) is 33.1 Å². The number of carbonyl (C=O) groups is 1. The molecule has 0 saturated heterocycles. The van der Waals surface area contributed by atoms with Gasteiger partial charge in [0.1, 0.15) is 11.6 Å². The van der Waals surface area contributed by atoms with Crippen LogP contribution in [0.25, 0.3) is 0 Å². The van der Waals surface area contributed by atoms with E-state index in [1.807, 2.05) is 0 Å². The number of carbonyl (C=O) groups excluding carboxylic acids is 1. The Balaban J connectivity index is 1.62. The number of methoxy groups -OCH3 is 1. The highest BCUT2D eigenvalue weighted by atomic mass is 32.2. The van der Waals surface area contributed by atoms with Crippen molar-refractivity contribution in [3.05, 3.63) is 89.7 Å². The molecular formula is C22H21FN2O5S. The number of sulfonamides is 1. The third-order valence-electron chi connectivity index (χ3n) is 4.46. The largest absolute Gasteiger partial charge is 0.497 e. The summed E-state index contributed by atoms with van der Waals surface area (Å²) < 4.78 is 45.8. The number of hydrogen-bond donors (Lipinski definition) is 3. The van der Waals surface area contributed by atoms with E-state index in [9.17, 15) is 22.7 Å².